The smallest absolute Gasteiger partial charge is 0.225 e. The van der Waals surface area contributed by atoms with Gasteiger partial charge in [-0.25, -0.2) is 4.68 Å². The van der Waals surface area contributed by atoms with Crippen molar-refractivity contribution in [1.29, 1.82) is 0 Å². The highest BCUT2D eigenvalue weighted by Gasteiger charge is 2.09. The summed E-state index contributed by atoms with van der Waals surface area (Å²) in [4.78, 5) is 11.7. The molecule has 7 nitrogen and oxygen atoms in total. The van der Waals surface area contributed by atoms with Crippen LogP contribution in [-0.2, 0) is 4.79 Å². The molecule has 0 saturated heterocycles. The van der Waals surface area contributed by atoms with Gasteiger partial charge in [0.2, 0.25) is 5.91 Å². The molecule has 0 radical (unpaired) electrons. The number of benzene rings is 1. The first kappa shape index (κ1) is 13.2. The number of nitrogens with one attached hydrogen (secondary N) is 1. The van der Waals surface area contributed by atoms with E-state index in [-0.39, 0.29) is 18.4 Å². The number of hydrogen-bond donors (Lipinski definition) is 2. The lowest BCUT2D eigenvalue weighted by Crippen LogP contribution is -2.24. The third-order valence-corrected chi connectivity index (χ3v) is 2.62. The van der Waals surface area contributed by atoms with Crippen LogP contribution in [0.5, 0.6) is 0 Å². The maximum absolute atomic E-state index is 11.7. The predicted octanol–water partition coefficient (Wildman–Crippen LogP) is 0.647. The van der Waals surface area contributed by atoms with Crippen LogP contribution in [0, 0.1) is 6.92 Å². The lowest BCUT2D eigenvalue weighted by Gasteiger charge is -2.11. The van der Waals surface area contributed by atoms with Crippen LogP contribution >= 0.6 is 0 Å². The third-order valence-electron chi connectivity index (χ3n) is 2.62. The van der Waals surface area contributed by atoms with Gasteiger partial charge in [-0.3, -0.25) is 4.79 Å². The molecule has 0 saturated carbocycles. The number of aryl methyl sites for hydroxylation is 1. The molecule has 0 aliphatic heterocycles. The number of tetrazole rings is 1. The SMILES string of the molecule is Cc1ccc(-n2cnnn2)cc1NC(=O)CC(C)N. The van der Waals surface area contributed by atoms with Crippen LogP contribution in [0.2, 0.25) is 0 Å². The van der Waals surface area contributed by atoms with Gasteiger partial charge in [-0.05, 0) is 42.0 Å². The fraction of sp³-hybridized carbons (Fsp3) is 0.333. The Hall–Kier alpha value is -2.28. The van der Waals surface area contributed by atoms with E-state index in [1.807, 2.05) is 25.1 Å². The predicted molar refractivity (Wildman–Crippen MR) is 70.8 cm³/mol. The number of hydrogen-bond acceptors (Lipinski definition) is 5. The molecule has 0 bridgehead atoms. The second-order valence-electron chi connectivity index (χ2n) is 4.48. The van der Waals surface area contributed by atoms with Gasteiger partial charge >= 0.3 is 0 Å². The molecule has 100 valence electrons. The molecular weight excluding hydrogens is 244 g/mol. The molecule has 0 spiro atoms. The zero-order valence-corrected chi connectivity index (χ0v) is 10.9. The van der Waals surface area contributed by atoms with E-state index in [0.717, 1.165) is 16.9 Å². The standard InChI is InChI=1S/C12H16N6O/c1-8-3-4-10(18-7-14-16-17-18)6-11(8)15-12(19)5-9(2)13/h3-4,6-7,9H,5,13H2,1-2H3,(H,15,19). The van der Waals surface area contributed by atoms with E-state index in [4.69, 9.17) is 5.73 Å². The monoisotopic (exact) mass is 260 g/mol. The lowest BCUT2D eigenvalue weighted by atomic mass is 10.1. The molecule has 0 aliphatic rings. The summed E-state index contributed by atoms with van der Waals surface area (Å²) in [6.45, 7) is 3.72. The van der Waals surface area contributed by atoms with Crippen molar-refractivity contribution >= 4 is 11.6 Å². The Morgan fingerprint density at radius 3 is 2.95 bits per heavy atom. The molecule has 0 aliphatic carbocycles. The topological polar surface area (TPSA) is 98.7 Å². The van der Waals surface area contributed by atoms with Gasteiger partial charge in [0.25, 0.3) is 0 Å². The van der Waals surface area contributed by atoms with E-state index in [1.165, 1.54) is 11.0 Å². The summed E-state index contributed by atoms with van der Waals surface area (Å²) in [5, 5.41) is 13.8. The van der Waals surface area contributed by atoms with Crippen LogP contribution in [0.3, 0.4) is 0 Å². The van der Waals surface area contributed by atoms with E-state index in [1.54, 1.807) is 6.92 Å². The minimum Gasteiger partial charge on any atom is -0.327 e. The highest BCUT2D eigenvalue weighted by Crippen LogP contribution is 2.19. The number of aromatic nitrogens is 4. The molecule has 2 aromatic rings. The molecule has 1 heterocycles. The second kappa shape index (κ2) is 5.57. The molecule has 3 N–H and O–H groups in total. The summed E-state index contributed by atoms with van der Waals surface area (Å²) in [5.41, 5.74) is 8.09. The molecule has 2 rings (SSSR count). The normalized spacial score (nSPS) is 12.2. The van der Waals surface area contributed by atoms with Crippen LogP contribution in [0.1, 0.15) is 18.9 Å². The van der Waals surface area contributed by atoms with E-state index in [9.17, 15) is 4.79 Å². The Kier molecular flexibility index (Phi) is 3.86. The van der Waals surface area contributed by atoms with Gasteiger partial charge in [-0.15, -0.1) is 5.10 Å². The molecule has 0 fully saturated rings. The zero-order chi connectivity index (χ0) is 13.8. The van der Waals surface area contributed by atoms with Crippen LogP contribution in [0.4, 0.5) is 5.69 Å². The Morgan fingerprint density at radius 1 is 1.53 bits per heavy atom. The van der Waals surface area contributed by atoms with Crippen molar-refractivity contribution in [3.05, 3.63) is 30.1 Å². The summed E-state index contributed by atoms with van der Waals surface area (Å²) < 4.78 is 1.53. The number of carbonyl (C=O) groups excluding carboxylic acids is 1. The summed E-state index contributed by atoms with van der Waals surface area (Å²) in [5.74, 6) is -0.105. The molecule has 1 aromatic heterocycles. The number of nitrogens with zero attached hydrogens (tertiary/aromatic N) is 4. The number of anilines is 1. The molecule has 1 unspecified atom stereocenters. The van der Waals surface area contributed by atoms with Crippen LogP contribution < -0.4 is 11.1 Å². The minimum absolute atomic E-state index is 0.105. The van der Waals surface area contributed by atoms with E-state index in [2.05, 4.69) is 20.8 Å². The summed E-state index contributed by atoms with van der Waals surface area (Å²) >= 11 is 0. The maximum atomic E-state index is 11.7. The molecule has 7 heteroatoms. The van der Waals surface area contributed by atoms with Crippen molar-refractivity contribution in [2.45, 2.75) is 26.3 Å². The van der Waals surface area contributed by atoms with Gasteiger partial charge < -0.3 is 11.1 Å². The van der Waals surface area contributed by atoms with E-state index >= 15 is 0 Å². The van der Waals surface area contributed by atoms with Gasteiger partial charge in [0.1, 0.15) is 6.33 Å². The van der Waals surface area contributed by atoms with Gasteiger partial charge in [-0.1, -0.05) is 6.07 Å². The van der Waals surface area contributed by atoms with Crippen molar-refractivity contribution in [2.75, 3.05) is 5.32 Å². The first-order valence-electron chi connectivity index (χ1n) is 5.95. The second-order valence-corrected chi connectivity index (χ2v) is 4.48. The van der Waals surface area contributed by atoms with E-state index < -0.39 is 0 Å². The lowest BCUT2D eigenvalue weighted by molar-refractivity contribution is -0.116. The number of nitrogens with two attached hydrogens (primary N) is 1. The summed E-state index contributed by atoms with van der Waals surface area (Å²) in [6, 6.07) is 5.44. The largest absolute Gasteiger partial charge is 0.327 e. The fourth-order valence-electron chi connectivity index (χ4n) is 1.66. The molecular formula is C12H16N6O. The average Bonchev–Trinajstić information content (AvgIpc) is 2.84. The highest BCUT2D eigenvalue weighted by atomic mass is 16.1. The summed E-state index contributed by atoms with van der Waals surface area (Å²) in [6.07, 6.45) is 1.78. The molecule has 19 heavy (non-hydrogen) atoms. The Labute approximate surface area is 110 Å². The highest BCUT2D eigenvalue weighted by molar-refractivity contribution is 5.92. The average molecular weight is 260 g/mol. The first-order chi connectivity index (χ1) is 9.06. The van der Waals surface area contributed by atoms with Crippen LogP contribution in [0.25, 0.3) is 5.69 Å². The van der Waals surface area contributed by atoms with Crippen molar-refractivity contribution in [2.24, 2.45) is 5.73 Å². The van der Waals surface area contributed by atoms with Crippen molar-refractivity contribution < 1.29 is 4.79 Å². The molecule has 1 aromatic carbocycles. The van der Waals surface area contributed by atoms with Crippen LogP contribution in [0.15, 0.2) is 24.5 Å². The Bertz CT molecular complexity index is 564. The number of rotatable bonds is 4. The minimum atomic E-state index is -0.164. The van der Waals surface area contributed by atoms with Gasteiger partial charge in [0, 0.05) is 18.2 Å². The quantitative estimate of drug-likeness (QED) is 0.840. The summed E-state index contributed by atoms with van der Waals surface area (Å²) in [7, 11) is 0. The molecule has 1 atom stereocenters. The van der Waals surface area contributed by atoms with Gasteiger partial charge in [-0.2, -0.15) is 0 Å². The van der Waals surface area contributed by atoms with E-state index in [0.29, 0.717) is 0 Å². The number of amides is 1. The fourth-order valence-corrected chi connectivity index (χ4v) is 1.66. The Morgan fingerprint density at radius 2 is 2.32 bits per heavy atom. The zero-order valence-electron chi connectivity index (χ0n) is 10.9. The maximum Gasteiger partial charge on any atom is 0.225 e. The van der Waals surface area contributed by atoms with Crippen molar-refractivity contribution in [3.8, 4) is 5.69 Å². The van der Waals surface area contributed by atoms with Crippen molar-refractivity contribution in [1.82, 2.24) is 20.2 Å². The first-order valence-corrected chi connectivity index (χ1v) is 5.95. The number of carbonyl (C=O) groups is 1. The van der Waals surface area contributed by atoms with Crippen LogP contribution in [-0.4, -0.2) is 32.2 Å². The molecule has 1 amide bonds. The van der Waals surface area contributed by atoms with Crippen molar-refractivity contribution in [3.63, 3.8) is 0 Å². The van der Waals surface area contributed by atoms with Gasteiger partial charge in [0.05, 0.1) is 5.69 Å². The Balaban J connectivity index is 2.20. The van der Waals surface area contributed by atoms with Gasteiger partial charge in [0.15, 0.2) is 0 Å². The third kappa shape index (κ3) is 3.35.